The predicted molar refractivity (Wildman–Crippen MR) is 91.5 cm³/mol. The first kappa shape index (κ1) is 19.4. The van der Waals surface area contributed by atoms with Gasteiger partial charge in [0.05, 0.1) is 6.42 Å². The van der Waals surface area contributed by atoms with E-state index in [0.29, 0.717) is 24.4 Å². The molecule has 2 aromatic rings. The van der Waals surface area contributed by atoms with E-state index in [0.717, 1.165) is 0 Å². The predicted octanol–water partition coefficient (Wildman–Crippen LogP) is -0.174. The summed E-state index contributed by atoms with van der Waals surface area (Å²) in [5.41, 5.74) is 0.507. The summed E-state index contributed by atoms with van der Waals surface area (Å²) in [6, 6.07) is -0.144. The van der Waals surface area contributed by atoms with Gasteiger partial charge >= 0.3 is 6.18 Å². The highest BCUT2D eigenvalue weighted by Crippen LogP contribution is 2.24. The minimum atomic E-state index is -4.45. The van der Waals surface area contributed by atoms with Crippen LogP contribution < -0.4 is 16.2 Å². The Bertz CT molecular complexity index is 869. The Morgan fingerprint density at radius 3 is 2.74 bits per heavy atom. The maximum absolute atomic E-state index is 13.4. The molecule has 0 saturated carbocycles. The second-order valence-corrected chi connectivity index (χ2v) is 6.46. The molecule has 1 aliphatic rings. The molecule has 1 aliphatic heterocycles. The van der Waals surface area contributed by atoms with Crippen LogP contribution in [0.1, 0.15) is 11.3 Å². The molecule has 0 bridgehead atoms. The summed E-state index contributed by atoms with van der Waals surface area (Å²) >= 11 is 0. The molecule has 1 amide bonds. The first-order valence-electron chi connectivity index (χ1n) is 8.61. The van der Waals surface area contributed by atoms with Gasteiger partial charge in [-0.25, -0.2) is 9.50 Å². The Balaban J connectivity index is 1.69. The molecule has 0 radical (unpaired) electrons. The number of hydrogen-bond donors (Lipinski definition) is 3. The van der Waals surface area contributed by atoms with Crippen LogP contribution in [0.4, 0.5) is 13.2 Å². The van der Waals surface area contributed by atoms with Crippen LogP contribution in [-0.4, -0.2) is 70.3 Å². The second-order valence-electron chi connectivity index (χ2n) is 6.46. The molecule has 1 unspecified atom stereocenters. The minimum Gasteiger partial charge on any atom is -0.354 e. The Morgan fingerprint density at radius 1 is 1.37 bits per heavy atom. The molecule has 1 fully saturated rings. The molecule has 1 atom stereocenters. The smallest absolute Gasteiger partial charge is 0.354 e. The lowest BCUT2D eigenvalue weighted by atomic mass is 10.1. The normalized spacial score (nSPS) is 17.2. The van der Waals surface area contributed by atoms with Crippen LogP contribution in [0.5, 0.6) is 0 Å². The van der Waals surface area contributed by atoms with Gasteiger partial charge in [-0.2, -0.15) is 13.2 Å². The van der Waals surface area contributed by atoms with Crippen molar-refractivity contribution in [1.82, 2.24) is 30.1 Å². The number of alkyl halides is 3. The van der Waals surface area contributed by atoms with E-state index in [1.807, 2.05) is 0 Å². The van der Waals surface area contributed by atoms with Gasteiger partial charge in [-0.05, 0) is 6.92 Å². The highest BCUT2D eigenvalue weighted by molar-refractivity contribution is 5.78. The van der Waals surface area contributed by atoms with Gasteiger partial charge in [0.2, 0.25) is 5.91 Å². The third-order valence-electron chi connectivity index (χ3n) is 4.65. The van der Waals surface area contributed by atoms with Gasteiger partial charge < -0.3 is 10.6 Å². The average Bonchev–Trinajstić information content (AvgIpc) is 3.07. The number of aromatic nitrogens is 3. The number of nitrogens with one attached hydrogen (secondary N) is 3. The number of fused-ring (bicyclic) bond motifs is 1. The third-order valence-corrected chi connectivity index (χ3v) is 4.65. The standard InChI is InChI=1S/C16H21F3N6O2/c1-10-11(15(27)25-13(23-10)2-3-22-25)8-14(26)21-9-12(16(17,18)19)24-6-4-20-5-7-24/h2-3,12,20,22H,4-9H2,1H3,(H,21,26). The number of carbonyl (C=O) groups excluding carboxylic acids is 1. The molecular weight excluding hydrogens is 365 g/mol. The largest absolute Gasteiger partial charge is 0.405 e. The van der Waals surface area contributed by atoms with E-state index in [1.54, 1.807) is 13.0 Å². The number of amides is 1. The number of hydrogen-bond acceptors (Lipinski definition) is 5. The maximum Gasteiger partial charge on any atom is 0.405 e. The molecule has 0 aromatic carbocycles. The topological polar surface area (TPSA) is 94.5 Å². The van der Waals surface area contributed by atoms with Gasteiger partial charge in [0.25, 0.3) is 5.56 Å². The molecule has 0 aliphatic carbocycles. The van der Waals surface area contributed by atoms with Crippen molar-refractivity contribution in [3.05, 3.63) is 33.9 Å². The van der Waals surface area contributed by atoms with E-state index < -0.39 is 30.2 Å². The number of halogens is 3. The minimum absolute atomic E-state index is 0.151. The molecule has 148 valence electrons. The van der Waals surface area contributed by atoms with E-state index >= 15 is 0 Å². The second kappa shape index (κ2) is 7.69. The van der Waals surface area contributed by atoms with E-state index in [4.69, 9.17) is 0 Å². The van der Waals surface area contributed by atoms with Gasteiger partial charge in [-0.3, -0.25) is 19.6 Å². The fraction of sp³-hybridized carbons (Fsp3) is 0.562. The number of rotatable bonds is 5. The van der Waals surface area contributed by atoms with Crippen LogP contribution in [0.2, 0.25) is 0 Å². The van der Waals surface area contributed by atoms with Crippen LogP contribution in [0, 0.1) is 6.92 Å². The monoisotopic (exact) mass is 386 g/mol. The molecule has 2 aromatic heterocycles. The van der Waals surface area contributed by atoms with Gasteiger partial charge in [-0.15, -0.1) is 0 Å². The Kier molecular flexibility index (Phi) is 5.51. The Morgan fingerprint density at radius 2 is 2.07 bits per heavy atom. The van der Waals surface area contributed by atoms with Crippen LogP contribution in [0.25, 0.3) is 5.65 Å². The molecular formula is C16H21F3N6O2. The molecule has 1 saturated heterocycles. The van der Waals surface area contributed by atoms with Gasteiger partial charge in [0, 0.05) is 56.2 Å². The van der Waals surface area contributed by atoms with Crippen LogP contribution in [0.15, 0.2) is 17.1 Å². The van der Waals surface area contributed by atoms with E-state index in [9.17, 15) is 22.8 Å². The molecule has 3 N–H and O–H groups in total. The molecule has 27 heavy (non-hydrogen) atoms. The number of nitrogens with zero attached hydrogens (tertiary/aromatic N) is 3. The van der Waals surface area contributed by atoms with Crippen LogP contribution >= 0.6 is 0 Å². The lowest BCUT2D eigenvalue weighted by molar-refractivity contribution is -0.184. The highest BCUT2D eigenvalue weighted by atomic mass is 19.4. The third kappa shape index (κ3) is 4.30. The lowest BCUT2D eigenvalue weighted by Gasteiger charge is -2.35. The first-order chi connectivity index (χ1) is 12.8. The van der Waals surface area contributed by atoms with E-state index in [-0.39, 0.29) is 25.1 Å². The Hall–Kier alpha value is -2.40. The molecule has 0 spiro atoms. The maximum atomic E-state index is 13.4. The van der Waals surface area contributed by atoms with Crippen molar-refractivity contribution in [2.24, 2.45) is 0 Å². The number of H-pyrrole nitrogens is 1. The summed E-state index contributed by atoms with van der Waals surface area (Å²) in [7, 11) is 0. The summed E-state index contributed by atoms with van der Waals surface area (Å²) < 4.78 is 41.3. The summed E-state index contributed by atoms with van der Waals surface area (Å²) in [4.78, 5) is 30.1. The molecule has 11 heteroatoms. The van der Waals surface area contributed by atoms with Gasteiger partial charge in [-0.1, -0.05) is 0 Å². The summed E-state index contributed by atoms with van der Waals surface area (Å²) in [5, 5.41) is 8.01. The summed E-state index contributed by atoms with van der Waals surface area (Å²) in [6.45, 7) is 2.50. The first-order valence-corrected chi connectivity index (χ1v) is 8.61. The van der Waals surface area contributed by atoms with Crippen molar-refractivity contribution >= 4 is 11.6 Å². The van der Waals surface area contributed by atoms with Crippen molar-refractivity contribution in [3.8, 4) is 0 Å². The van der Waals surface area contributed by atoms with Crippen molar-refractivity contribution < 1.29 is 18.0 Å². The van der Waals surface area contributed by atoms with Crippen molar-refractivity contribution in [3.63, 3.8) is 0 Å². The molecule has 3 rings (SSSR count). The summed E-state index contributed by atoms with van der Waals surface area (Å²) in [6.07, 6.45) is -3.25. The van der Waals surface area contributed by atoms with Crippen molar-refractivity contribution in [2.75, 3.05) is 32.7 Å². The fourth-order valence-corrected chi connectivity index (χ4v) is 3.19. The van der Waals surface area contributed by atoms with Gasteiger partial charge in [0.1, 0.15) is 6.04 Å². The van der Waals surface area contributed by atoms with Crippen LogP contribution in [-0.2, 0) is 11.2 Å². The van der Waals surface area contributed by atoms with Crippen molar-refractivity contribution in [2.45, 2.75) is 25.6 Å². The molecule has 8 nitrogen and oxygen atoms in total. The molecule has 3 heterocycles. The lowest BCUT2D eigenvalue weighted by Crippen LogP contribution is -2.57. The number of aryl methyl sites for hydroxylation is 1. The zero-order valence-corrected chi connectivity index (χ0v) is 14.8. The van der Waals surface area contributed by atoms with E-state index in [1.165, 1.54) is 15.6 Å². The number of aromatic amines is 1. The fourth-order valence-electron chi connectivity index (χ4n) is 3.19. The van der Waals surface area contributed by atoms with Gasteiger partial charge in [0.15, 0.2) is 5.65 Å². The number of carbonyl (C=O) groups is 1. The average molecular weight is 386 g/mol. The zero-order chi connectivity index (χ0) is 19.6. The highest BCUT2D eigenvalue weighted by Gasteiger charge is 2.43. The van der Waals surface area contributed by atoms with Crippen LogP contribution in [0.3, 0.4) is 0 Å². The van der Waals surface area contributed by atoms with Crippen molar-refractivity contribution in [1.29, 1.82) is 0 Å². The zero-order valence-electron chi connectivity index (χ0n) is 14.8. The summed E-state index contributed by atoms with van der Waals surface area (Å²) in [5.74, 6) is -0.645. The quantitative estimate of drug-likeness (QED) is 0.663. The SMILES string of the molecule is Cc1nc2cc[nH]n2c(=O)c1CC(=O)NCC(N1CCNCC1)C(F)(F)F. The Labute approximate surface area is 152 Å². The van der Waals surface area contributed by atoms with E-state index in [2.05, 4.69) is 20.7 Å². The number of piperazine rings is 1.